The fourth-order valence-electron chi connectivity index (χ4n) is 3.22. The maximum Gasteiger partial charge on any atom is 0.416 e. The lowest BCUT2D eigenvalue weighted by Gasteiger charge is -2.21. The molecule has 0 saturated heterocycles. The highest BCUT2D eigenvalue weighted by molar-refractivity contribution is 5.77. The normalized spacial score (nSPS) is 11.1. The Balaban J connectivity index is 1.98. The molecule has 34 heavy (non-hydrogen) atoms. The van der Waals surface area contributed by atoms with E-state index in [1.807, 2.05) is 6.92 Å². The molecule has 9 heteroatoms. The number of likely N-dealkylation sites (N-methyl/N-ethyl adjacent to an activating group) is 1. The van der Waals surface area contributed by atoms with Gasteiger partial charge in [-0.05, 0) is 56.5 Å². The number of carbonyl (C=O) groups is 2. The highest BCUT2D eigenvalue weighted by Gasteiger charge is 2.30. The van der Waals surface area contributed by atoms with Crippen molar-refractivity contribution >= 4 is 11.9 Å². The minimum atomic E-state index is -4.40. The van der Waals surface area contributed by atoms with Gasteiger partial charge in [-0.25, -0.2) is 0 Å². The van der Waals surface area contributed by atoms with Gasteiger partial charge in [-0.15, -0.1) is 0 Å². The SMILES string of the molecule is CCOC(=O)CCc1ccc(OCC(=O)N(CC)Cc2ccc(C(F)(F)F)cc2)cc1OCC. The molecule has 0 N–H and O–H groups in total. The molecule has 0 spiro atoms. The van der Waals surface area contributed by atoms with Gasteiger partial charge in [0.1, 0.15) is 11.5 Å². The van der Waals surface area contributed by atoms with Crippen LogP contribution in [0.1, 0.15) is 43.9 Å². The molecule has 1 amide bonds. The van der Waals surface area contributed by atoms with E-state index >= 15 is 0 Å². The lowest BCUT2D eigenvalue weighted by molar-refractivity contribution is -0.143. The van der Waals surface area contributed by atoms with Crippen LogP contribution < -0.4 is 9.47 Å². The summed E-state index contributed by atoms with van der Waals surface area (Å²) in [4.78, 5) is 25.8. The van der Waals surface area contributed by atoms with Crippen LogP contribution in [0.2, 0.25) is 0 Å². The minimum Gasteiger partial charge on any atom is -0.493 e. The van der Waals surface area contributed by atoms with Crippen molar-refractivity contribution in [3.63, 3.8) is 0 Å². The Morgan fingerprint density at radius 3 is 2.24 bits per heavy atom. The smallest absolute Gasteiger partial charge is 0.416 e. The van der Waals surface area contributed by atoms with Gasteiger partial charge in [-0.2, -0.15) is 13.2 Å². The first-order chi connectivity index (χ1) is 16.2. The minimum absolute atomic E-state index is 0.174. The first-order valence-electron chi connectivity index (χ1n) is 11.2. The summed E-state index contributed by atoms with van der Waals surface area (Å²) >= 11 is 0. The Morgan fingerprint density at radius 2 is 1.65 bits per heavy atom. The van der Waals surface area contributed by atoms with Gasteiger partial charge in [0.15, 0.2) is 6.61 Å². The fraction of sp³-hybridized carbons (Fsp3) is 0.440. The summed E-state index contributed by atoms with van der Waals surface area (Å²) < 4.78 is 54.5. The van der Waals surface area contributed by atoms with Gasteiger partial charge in [-0.3, -0.25) is 9.59 Å². The number of ether oxygens (including phenoxy) is 3. The Kier molecular flexibility index (Phi) is 10.2. The van der Waals surface area contributed by atoms with Gasteiger partial charge < -0.3 is 19.1 Å². The van der Waals surface area contributed by atoms with E-state index in [2.05, 4.69) is 0 Å². The third-order valence-corrected chi connectivity index (χ3v) is 4.99. The van der Waals surface area contributed by atoms with E-state index in [0.717, 1.165) is 17.7 Å². The van der Waals surface area contributed by atoms with Crippen molar-refractivity contribution < 1.29 is 37.0 Å². The van der Waals surface area contributed by atoms with E-state index in [-0.39, 0.29) is 31.4 Å². The van der Waals surface area contributed by atoms with Gasteiger partial charge in [0.05, 0.1) is 18.8 Å². The molecule has 186 valence electrons. The molecule has 0 aromatic heterocycles. The average Bonchev–Trinajstić information content (AvgIpc) is 2.80. The predicted octanol–water partition coefficient (Wildman–Crippen LogP) is 5.03. The average molecular weight is 482 g/mol. The molecule has 0 aliphatic rings. The van der Waals surface area contributed by atoms with E-state index < -0.39 is 11.7 Å². The van der Waals surface area contributed by atoms with Crippen molar-refractivity contribution in [2.45, 2.75) is 46.3 Å². The topological polar surface area (TPSA) is 65.1 Å². The summed E-state index contributed by atoms with van der Waals surface area (Å²) in [5, 5.41) is 0. The summed E-state index contributed by atoms with van der Waals surface area (Å²) in [5.41, 5.74) is 0.684. The number of hydrogen-bond donors (Lipinski definition) is 0. The van der Waals surface area contributed by atoms with Crippen molar-refractivity contribution in [1.29, 1.82) is 0 Å². The maximum absolute atomic E-state index is 12.7. The molecule has 0 aliphatic carbocycles. The lowest BCUT2D eigenvalue weighted by atomic mass is 10.1. The van der Waals surface area contributed by atoms with Crippen LogP contribution >= 0.6 is 0 Å². The molecule has 0 atom stereocenters. The molecule has 2 rings (SSSR count). The van der Waals surface area contributed by atoms with Gasteiger partial charge in [0, 0.05) is 25.6 Å². The second kappa shape index (κ2) is 12.9. The second-order valence-corrected chi connectivity index (χ2v) is 7.40. The standard InChI is InChI=1S/C25H30F3NO5/c1-4-29(16-18-7-11-20(12-8-18)25(26,27)28)23(30)17-34-21-13-9-19(22(15-21)32-5-2)10-14-24(31)33-6-3/h7-9,11-13,15H,4-6,10,14,16-17H2,1-3H3. The lowest BCUT2D eigenvalue weighted by Crippen LogP contribution is -2.34. The van der Waals surface area contributed by atoms with Crippen LogP contribution in [0.5, 0.6) is 11.5 Å². The van der Waals surface area contributed by atoms with Crippen molar-refractivity contribution in [3.05, 3.63) is 59.2 Å². The molecule has 0 radical (unpaired) electrons. The van der Waals surface area contributed by atoms with Crippen LogP contribution in [0, 0.1) is 0 Å². The highest BCUT2D eigenvalue weighted by Crippen LogP contribution is 2.29. The molecular weight excluding hydrogens is 451 g/mol. The Labute approximate surface area is 197 Å². The largest absolute Gasteiger partial charge is 0.493 e. The van der Waals surface area contributed by atoms with E-state index in [1.54, 1.807) is 32.0 Å². The van der Waals surface area contributed by atoms with Gasteiger partial charge >= 0.3 is 12.1 Å². The maximum atomic E-state index is 12.7. The third kappa shape index (κ3) is 8.28. The summed E-state index contributed by atoms with van der Waals surface area (Å²) in [5.74, 6) is 0.409. The summed E-state index contributed by atoms with van der Waals surface area (Å²) in [7, 11) is 0. The molecule has 0 fully saturated rings. The van der Waals surface area contributed by atoms with Gasteiger partial charge in [0.25, 0.3) is 5.91 Å². The second-order valence-electron chi connectivity index (χ2n) is 7.40. The van der Waals surface area contributed by atoms with Gasteiger partial charge in [0.2, 0.25) is 0 Å². The van der Waals surface area contributed by atoms with E-state index in [4.69, 9.17) is 14.2 Å². The van der Waals surface area contributed by atoms with Crippen LogP contribution in [-0.4, -0.2) is 43.1 Å². The monoisotopic (exact) mass is 481 g/mol. The quantitative estimate of drug-likeness (QED) is 0.398. The summed E-state index contributed by atoms with van der Waals surface area (Å²) in [6.45, 7) is 6.44. The Hall–Kier alpha value is -3.23. The number of rotatable bonds is 12. The molecule has 0 bridgehead atoms. The van der Waals surface area contributed by atoms with Crippen LogP contribution in [0.3, 0.4) is 0 Å². The number of alkyl halides is 3. The Bertz CT molecular complexity index is 945. The molecule has 0 saturated carbocycles. The van der Waals surface area contributed by atoms with Gasteiger partial charge in [-0.1, -0.05) is 18.2 Å². The molecule has 0 aliphatic heterocycles. The number of benzene rings is 2. The number of amides is 1. The zero-order valence-corrected chi connectivity index (χ0v) is 19.6. The Morgan fingerprint density at radius 1 is 0.941 bits per heavy atom. The number of carbonyl (C=O) groups excluding carboxylic acids is 2. The number of aryl methyl sites for hydroxylation is 1. The summed E-state index contributed by atoms with van der Waals surface area (Å²) in [6, 6.07) is 9.88. The van der Waals surface area contributed by atoms with Crippen LogP contribution in [0.25, 0.3) is 0 Å². The van der Waals surface area contributed by atoms with Crippen molar-refractivity contribution in [2.24, 2.45) is 0 Å². The zero-order chi connectivity index (χ0) is 25.1. The fourth-order valence-corrected chi connectivity index (χ4v) is 3.22. The zero-order valence-electron chi connectivity index (χ0n) is 19.6. The van der Waals surface area contributed by atoms with Crippen molar-refractivity contribution in [2.75, 3.05) is 26.4 Å². The number of esters is 1. The number of halogens is 3. The molecule has 2 aromatic carbocycles. The molecule has 0 unspecified atom stereocenters. The molecule has 2 aromatic rings. The third-order valence-electron chi connectivity index (χ3n) is 4.99. The molecular formula is C25H30F3NO5. The highest BCUT2D eigenvalue weighted by atomic mass is 19.4. The van der Waals surface area contributed by atoms with Crippen LogP contribution in [0.15, 0.2) is 42.5 Å². The van der Waals surface area contributed by atoms with E-state index in [9.17, 15) is 22.8 Å². The molecule has 6 nitrogen and oxygen atoms in total. The molecule has 0 heterocycles. The van der Waals surface area contributed by atoms with Crippen molar-refractivity contribution in [3.8, 4) is 11.5 Å². The van der Waals surface area contributed by atoms with E-state index in [0.29, 0.717) is 43.2 Å². The number of hydrogen-bond acceptors (Lipinski definition) is 5. The summed E-state index contributed by atoms with van der Waals surface area (Å²) in [6.07, 6.45) is -3.73. The van der Waals surface area contributed by atoms with Crippen LogP contribution in [-0.2, 0) is 33.5 Å². The van der Waals surface area contributed by atoms with Crippen LogP contribution in [0.4, 0.5) is 13.2 Å². The van der Waals surface area contributed by atoms with Crippen molar-refractivity contribution in [1.82, 2.24) is 4.90 Å². The first-order valence-corrected chi connectivity index (χ1v) is 11.2. The first kappa shape index (κ1) is 27.0. The number of nitrogens with zero attached hydrogens (tertiary/aromatic N) is 1. The van der Waals surface area contributed by atoms with E-state index in [1.165, 1.54) is 17.0 Å². The predicted molar refractivity (Wildman–Crippen MR) is 121 cm³/mol.